The molecule has 3 aliphatic heterocycles. The summed E-state index contributed by atoms with van der Waals surface area (Å²) < 4.78 is 0. The molecular formula is C46H77N9O17. The summed E-state index contributed by atoms with van der Waals surface area (Å²) in [6.07, 6.45) is 4.03. The van der Waals surface area contributed by atoms with Gasteiger partial charge in [0, 0.05) is 113 Å². The van der Waals surface area contributed by atoms with Crippen molar-refractivity contribution < 1.29 is 81.6 Å². The van der Waals surface area contributed by atoms with E-state index in [9.17, 15) is 67.1 Å². The minimum Gasteiger partial charge on any atom is -0.354 e. The first kappa shape index (κ1) is 71.2. The quantitative estimate of drug-likeness (QED) is 0.0531. The molecule has 12 amide bonds. The van der Waals surface area contributed by atoms with Gasteiger partial charge in [-0.2, -0.15) is 0 Å². The van der Waals surface area contributed by atoms with Crippen molar-refractivity contribution in [3.63, 3.8) is 0 Å². The molecule has 0 aromatic rings. The number of hydrogen-bond acceptors (Lipinski definition) is 17. The van der Waals surface area contributed by atoms with Crippen molar-refractivity contribution >= 4 is 82.8 Å². The number of carbonyl (C=O) groups is 14. The summed E-state index contributed by atoms with van der Waals surface area (Å²) >= 11 is 0. The molecule has 0 spiro atoms. The van der Waals surface area contributed by atoms with E-state index in [0.29, 0.717) is 41.2 Å². The minimum absolute atomic E-state index is 0. The predicted molar refractivity (Wildman–Crippen MR) is 258 cm³/mol. The maximum absolute atomic E-state index is 11.5. The SMILES string of the molecule is C.C.C.C.CC(C)C(=O)NCCNC(=O)CCC(=O)ON1C(=O)C=CC1=O.CC(C)C(=O)NCCNC(=O)CCC(=O)ON1C(=O)CCC1=O.CC(C)C(=O)NCCNC(=O)CCCON1C(=O)C=CC1=O. The van der Waals surface area contributed by atoms with Crippen LogP contribution in [0.3, 0.4) is 0 Å². The molecule has 0 saturated carbocycles. The molecule has 0 aliphatic carbocycles. The number of nitrogens with one attached hydrogen (secondary N) is 6. The Labute approximate surface area is 421 Å². The summed E-state index contributed by atoms with van der Waals surface area (Å²) in [4.78, 5) is 173. The Kier molecular flexibility index (Phi) is 37.9. The molecule has 3 rings (SSSR count). The lowest BCUT2D eigenvalue weighted by Gasteiger charge is -2.13. The van der Waals surface area contributed by atoms with E-state index in [0.717, 1.165) is 24.3 Å². The summed E-state index contributed by atoms with van der Waals surface area (Å²) in [5.74, 6) is -6.93. The number of amides is 12. The van der Waals surface area contributed by atoms with Gasteiger partial charge in [-0.15, -0.1) is 10.1 Å². The van der Waals surface area contributed by atoms with E-state index in [1.54, 1.807) is 41.5 Å². The minimum atomic E-state index is -0.862. The Hall–Kier alpha value is -7.38. The molecule has 1 fully saturated rings. The third-order valence-electron chi connectivity index (χ3n) is 8.62. The van der Waals surface area contributed by atoms with Gasteiger partial charge in [-0.05, 0) is 6.42 Å². The van der Waals surface area contributed by atoms with Crippen LogP contribution in [-0.4, -0.2) is 144 Å². The van der Waals surface area contributed by atoms with Gasteiger partial charge in [0.25, 0.3) is 35.4 Å². The van der Waals surface area contributed by atoms with E-state index in [4.69, 9.17) is 4.84 Å². The lowest BCUT2D eigenvalue weighted by atomic mass is 10.2. The van der Waals surface area contributed by atoms with Crippen molar-refractivity contribution in [2.75, 3.05) is 45.9 Å². The first-order valence-corrected chi connectivity index (χ1v) is 21.7. The maximum atomic E-state index is 11.5. The van der Waals surface area contributed by atoms with Crippen LogP contribution in [0.2, 0.25) is 0 Å². The molecule has 0 aromatic carbocycles. The number of rotatable bonds is 25. The Morgan fingerprint density at radius 1 is 0.431 bits per heavy atom. The summed E-state index contributed by atoms with van der Waals surface area (Å²) in [5.41, 5.74) is 0. The first-order chi connectivity index (χ1) is 32.0. The highest BCUT2D eigenvalue weighted by Gasteiger charge is 2.33. The Bertz CT molecular complexity index is 1840. The average molecular weight is 1030 g/mol. The monoisotopic (exact) mass is 1030 g/mol. The molecule has 3 heterocycles. The van der Waals surface area contributed by atoms with Crippen LogP contribution in [0, 0.1) is 17.8 Å². The molecule has 0 bridgehead atoms. The van der Waals surface area contributed by atoms with Crippen molar-refractivity contribution in [3.8, 4) is 0 Å². The fraction of sp³-hybridized carbons (Fsp3) is 0.609. The van der Waals surface area contributed by atoms with Gasteiger partial charge in [-0.25, -0.2) is 9.59 Å². The third kappa shape index (κ3) is 29.6. The molecule has 1 saturated heterocycles. The highest BCUT2D eigenvalue weighted by Crippen LogP contribution is 2.13. The van der Waals surface area contributed by atoms with Crippen LogP contribution in [0.5, 0.6) is 0 Å². The zero-order chi connectivity index (χ0) is 51.3. The van der Waals surface area contributed by atoms with Crippen molar-refractivity contribution in [2.24, 2.45) is 17.8 Å². The van der Waals surface area contributed by atoms with Gasteiger partial charge >= 0.3 is 11.9 Å². The molecule has 26 nitrogen and oxygen atoms in total. The number of hydroxylamine groups is 6. The summed E-state index contributed by atoms with van der Waals surface area (Å²) in [7, 11) is 0. The molecular weight excluding hydrogens is 951 g/mol. The topological polar surface area (TPSA) is 349 Å². The Morgan fingerprint density at radius 3 is 1.06 bits per heavy atom. The number of hydrogen-bond donors (Lipinski definition) is 6. The van der Waals surface area contributed by atoms with Crippen LogP contribution in [0.25, 0.3) is 0 Å². The van der Waals surface area contributed by atoms with Crippen molar-refractivity contribution in [1.82, 2.24) is 47.1 Å². The van der Waals surface area contributed by atoms with Gasteiger partial charge in [-0.3, -0.25) is 62.4 Å². The second-order valence-corrected chi connectivity index (χ2v) is 15.4. The van der Waals surface area contributed by atoms with Crippen LogP contribution in [0.15, 0.2) is 24.3 Å². The lowest BCUT2D eigenvalue weighted by Crippen LogP contribution is -2.36. The van der Waals surface area contributed by atoms with Gasteiger partial charge in [0.05, 0.1) is 19.4 Å². The van der Waals surface area contributed by atoms with Crippen molar-refractivity contribution in [1.29, 1.82) is 0 Å². The number of imide groups is 3. The van der Waals surface area contributed by atoms with E-state index in [1.165, 1.54) is 0 Å². The molecule has 0 radical (unpaired) electrons. The van der Waals surface area contributed by atoms with Crippen LogP contribution < -0.4 is 31.9 Å². The van der Waals surface area contributed by atoms with Crippen LogP contribution >= 0.6 is 0 Å². The van der Waals surface area contributed by atoms with Gasteiger partial charge in [0.2, 0.25) is 35.4 Å². The fourth-order valence-corrected chi connectivity index (χ4v) is 4.80. The number of nitrogens with zero attached hydrogens (tertiary/aromatic N) is 3. The predicted octanol–water partition coefficient (Wildman–Crippen LogP) is 0.356. The standard InChI is InChI=1S/C14H21N3O6.C14H19N3O6.C14H21N3O5.4CH4/c2*1-9(2)14(22)16-8-7-15-10(18)3-6-13(21)23-17-11(19)4-5-12(17)20;1-10(2)14(21)16-8-7-15-11(18)4-3-9-22-17-12(19)5-6-13(17)20;;;;/h9H,3-8H2,1-2H3,(H,15,18)(H,16,22);4-5,9H,3,6-8H2,1-2H3,(H,15,18)(H,16,22);5-6,10H,3-4,7-9H2,1-2H3,(H,15,18)(H,16,21);4*1H4. The molecule has 26 heteroatoms. The summed E-state index contributed by atoms with van der Waals surface area (Å²) in [6, 6.07) is 0. The van der Waals surface area contributed by atoms with Gasteiger partial charge in [0.15, 0.2) is 0 Å². The van der Waals surface area contributed by atoms with Gasteiger partial charge < -0.3 is 41.6 Å². The van der Waals surface area contributed by atoms with E-state index in [2.05, 4.69) is 41.6 Å². The molecule has 0 unspecified atom stereocenters. The molecule has 72 heavy (non-hydrogen) atoms. The van der Waals surface area contributed by atoms with E-state index in [-0.39, 0.29) is 148 Å². The first-order valence-electron chi connectivity index (χ1n) is 21.7. The second kappa shape index (κ2) is 38.4. The Balaban J connectivity index is -0.000000469. The van der Waals surface area contributed by atoms with Gasteiger partial charge in [-0.1, -0.05) is 76.3 Å². The molecule has 408 valence electrons. The van der Waals surface area contributed by atoms with E-state index < -0.39 is 53.3 Å². The highest BCUT2D eigenvalue weighted by atomic mass is 16.7. The fourth-order valence-electron chi connectivity index (χ4n) is 4.80. The largest absolute Gasteiger partial charge is 0.354 e. The highest BCUT2D eigenvalue weighted by molar-refractivity contribution is 6.12. The van der Waals surface area contributed by atoms with Crippen LogP contribution in [0.1, 0.15) is 123 Å². The second-order valence-electron chi connectivity index (χ2n) is 15.4. The van der Waals surface area contributed by atoms with Gasteiger partial charge in [0.1, 0.15) is 0 Å². The van der Waals surface area contributed by atoms with Crippen molar-refractivity contribution in [3.05, 3.63) is 24.3 Å². The molecule has 6 N–H and O–H groups in total. The summed E-state index contributed by atoms with van der Waals surface area (Å²) in [5, 5.41) is 17.1. The Morgan fingerprint density at radius 2 is 0.722 bits per heavy atom. The van der Waals surface area contributed by atoms with Crippen molar-refractivity contribution in [2.45, 2.75) is 123 Å². The average Bonchev–Trinajstić information content (AvgIpc) is 3.91. The van der Waals surface area contributed by atoms with Crippen LogP contribution in [0.4, 0.5) is 0 Å². The van der Waals surface area contributed by atoms with E-state index in [1.807, 2.05) is 0 Å². The third-order valence-corrected chi connectivity index (χ3v) is 8.62. The van der Waals surface area contributed by atoms with Crippen LogP contribution in [-0.2, 0) is 81.6 Å². The molecule has 0 aromatic heterocycles. The zero-order valence-corrected chi connectivity index (χ0v) is 38.9. The smallest absolute Gasteiger partial charge is 0.333 e. The van der Waals surface area contributed by atoms with E-state index >= 15 is 0 Å². The zero-order valence-electron chi connectivity index (χ0n) is 38.9. The maximum Gasteiger partial charge on any atom is 0.333 e. The number of carbonyl (C=O) groups excluding carboxylic acids is 14. The molecule has 0 atom stereocenters. The molecule has 3 aliphatic rings. The normalized spacial score (nSPS) is 13.0. The summed E-state index contributed by atoms with van der Waals surface area (Å²) in [6.45, 7) is 12.5. The lowest BCUT2D eigenvalue weighted by molar-refractivity contribution is -0.197.